The third-order valence-electron chi connectivity index (χ3n) is 3.23. The second-order valence-corrected chi connectivity index (χ2v) is 5.72. The third-order valence-corrected chi connectivity index (χ3v) is 4.12. The molecule has 6 nitrogen and oxygen atoms in total. The average molecular weight is 305 g/mol. The molecule has 1 heterocycles. The number of carbonyl (C=O) groups is 1. The van der Waals surface area contributed by atoms with Crippen LogP contribution in [0.25, 0.3) is 10.6 Å². The first-order chi connectivity index (χ1) is 10.2. The van der Waals surface area contributed by atoms with Crippen LogP contribution in [0.2, 0.25) is 0 Å². The van der Waals surface area contributed by atoms with Gasteiger partial charge in [-0.2, -0.15) is 0 Å². The van der Waals surface area contributed by atoms with E-state index < -0.39 is 0 Å². The van der Waals surface area contributed by atoms with Crippen LogP contribution < -0.4 is 14.8 Å². The molecule has 0 spiro atoms. The molecule has 1 saturated carbocycles. The van der Waals surface area contributed by atoms with Gasteiger partial charge in [0.2, 0.25) is 11.0 Å². The molecular weight excluding hydrogens is 290 g/mol. The summed E-state index contributed by atoms with van der Waals surface area (Å²) in [4.78, 5) is 11.7. The normalized spacial score (nSPS) is 13.8. The molecule has 1 aliphatic carbocycles. The van der Waals surface area contributed by atoms with Gasteiger partial charge in [-0.25, -0.2) is 0 Å². The highest BCUT2D eigenvalue weighted by Crippen LogP contribution is 2.35. The minimum atomic E-state index is 0.0324. The zero-order valence-corrected chi connectivity index (χ0v) is 12.6. The number of hydrogen-bond donors (Lipinski definition) is 1. The molecule has 0 saturated heterocycles. The maximum absolute atomic E-state index is 11.7. The van der Waals surface area contributed by atoms with Crippen molar-refractivity contribution in [3.8, 4) is 22.1 Å². The van der Waals surface area contributed by atoms with E-state index in [1.807, 2.05) is 18.2 Å². The Kier molecular flexibility index (Phi) is 3.74. The number of benzene rings is 1. The van der Waals surface area contributed by atoms with E-state index in [1.165, 1.54) is 11.3 Å². The molecule has 1 aromatic carbocycles. The molecule has 110 valence electrons. The summed E-state index contributed by atoms with van der Waals surface area (Å²) < 4.78 is 10.5. The molecule has 1 aliphatic rings. The van der Waals surface area contributed by atoms with Crippen LogP contribution in [0.4, 0.5) is 5.13 Å². The standard InChI is InChI=1S/C14H15N3O3S/c1-19-10-6-5-9(7-11(10)20-2)13-16-17-14(21-13)15-12(18)8-3-4-8/h5-8H,3-4H2,1-2H3,(H,15,17,18). The van der Waals surface area contributed by atoms with Gasteiger partial charge in [-0.1, -0.05) is 11.3 Å². The van der Waals surface area contributed by atoms with Crippen LogP contribution in [0.15, 0.2) is 18.2 Å². The number of aromatic nitrogens is 2. The number of methoxy groups -OCH3 is 2. The van der Waals surface area contributed by atoms with E-state index in [4.69, 9.17) is 9.47 Å². The summed E-state index contributed by atoms with van der Waals surface area (Å²) in [5, 5.41) is 12.2. The number of ether oxygens (including phenoxy) is 2. The van der Waals surface area contributed by atoms with Crippen LogP contribution in [0, 0.1) is 5.92 Å². The molecule has 1 amide bonds. The SMILES string of the molecule is COc1ccc(-c2nnc(NC(=O)C3CC3)s2)cc1OC. The van der Waals surface area contributed by atoms with Crippen molar-refractivity contribution in [3.05, 3.63) is 18.2 Å². The molecule has 3 rings (SSSR count). The fraction of sp³-hybridized carbons (Fsp3) is 0.357. The number of nitrogens with zero attached hydrogens (tertiary/aromatic N) is 2. The lowest BCUT2D eigenvalue weighted by molar-refractivity contribution is -0.117. The Balaban J connectivity index is 1.80. The van der Waals surface area contributed by atoms with Gasteiger partial charge in [0.1, 0.15) is 5.01 Å². The van der Waals surface area contributed by atoms with Crippen LogP contribution in [-0.4, -0.2) is 30.3 Å². The van der Waals surface area contributed by atoms with Crippen molar-refractivity contribution >= 4 is 22.4 Å². The topological polar surface area (TPSA) is 73.3 Å². The number of hydrogen-bond acceptors (Lipinski definition) is 6. The van der Waals surface area contributed by atoms with Crippen molar-refractivity contribution in [1.82, 2.24) is 10.2 Å². The van der Waals surface area contributed by atoms with Crippen molar-refractivity contribution in [2.24, 2.45) is 5.92 Å². The molecule has 0 atom stereocenters. The van der Waals surface area contributed by atoms with Gasteiger partial charge in [0.15, 0.2) is 11.5 Å². The zero-order valence-electron chi connectivity index (χ0n) is 11.8. The van der Waals surface area contributed by atoms with E-state index in [1.54, 1.807) is 14.2 Å². The lowest BCUT2D eigenvalue weighted by Crippen LogP contribution is -2.12. The molecule has 1 N–H and O–H groups in total. The zero-order chi connectivity index (χ0) is 14.8. The molecule has 0 radical (unpaired) electrons. The smallest absolute Gasteiger partial charge is 0.229 e. The molecular formula is C14H15N3O3S. The third kappa shape index (κ3) is 2.97. The number of rotatable bonds is 5. The van der Waals surface area contributed by atoms with E-state index in [0.29, 0.717) is 16.6 Å². The maximum atomic E-state index is 11.7. The molecule has 2 aromatic rings. The largest absolute Gasteiger partial charge is 0.493 e. The summed E-state index contributed by atoms with van der Waals surface area (Å²) in [6, 6.07) is 5.54. The summed E-state index contributed by atoms with van der Waals surface area (Å²) in [5.41, 5.74) is 0.872. The molecule has 1 fully saturated rings. The predicted molar refractivity (Wildman–Crippen MR) is 79.8 cm³/mol. The minimum Gasteiger partial charge on any atom is -0.493 e. The van der Waals surface area contributed by atoms with Crippen LogP contribution in [0.3, 0.4) is 0 Å². The highest BCUT2D eigenvalue weighted by atomic mass is 32.1. The molecule has 0 bridgehead atoms. The summed E-state index contributed by atoms with van der Waals surface area (Å²) >= 11 is 1.34. The van der Waals surface area contributed by atoms with Gasteiger partial charge in [-0.15, -0.1) is 10.2 Å². The van der Waals surface area contributed by atoms with Gasteiger partial charge in [-0.3, -0.25) is 4.79 Å². The van der Waals surface area contributed by atoms with Gasteiger partial charge in [0.05, 0.1) is 14.2 Å². The Hall–Kier alpha value is -2.15. The van der Waals surface area contributed by atoms with Gasteiger partial charge in [-0.05, 0) is 31.0 Å². The highest BCUT2D eigenvalue weighted by molar-refractivity contribution is 7.18. The van der Waals surface area contributed by atoms with E-state index in [2.05, 4.69) is 15.5 Å². The van der Waals surface area contributed by atoms with Gasteiger partial charge in [0.25, 0.3) is 0 Å². The van der Waals surface area contributed by atoms with Crippen LogP contribution in [0.5, 0.6) is 11.5 Å². The first-order valence-electron chi connectivity index (χ1n) is 6.58. The summed E-state index contributed by atoms with van der Waals surface area (Å²) in [5.74, 6) is 1.48. The van der Waals surface area contributed by atoms with Crippen molar-refractivity contribution in [1.29, 1.82) is 0 Å². The lowest BCUT2D eigenvalue weighted by atomic mass is 10.2. The van der Waals surface area contributed by atoms with E-state index >= 15 is 0 Å². The molecule has 21 heavy (non-hydrogen) atoms. The Bertz CT molecular complexity index is 667. The Labute approximate surface area is 126 Å². The van der Waals surface area contributed by atoms with Gasteiger partial charge >= 0.3 is 0 Å². The maximum Gasteiger partial charge on any atom is 0.229 e. The Morgan fingerprint density at radius 3 is 2.67 bits per heavy atom. The van der Waals surface area contributed by atoms with E-state index in [0.717, 1.165) is 23.4 Å². The average Bonchev–Trinajstić information content (AvgIpc) is 3.27. The van der Waals surface area contributed by atoms with Crippen LogP contribution in [0.1, 0.15) is 12.8 Å². The van der Waals surface area contributed by atoms with Gasteiger partial charge in [0, 0.05) is 11.5 Å². The predicted octanol–water partition coefficient (Wildman–Crippen LogP) is 2.57. The van der Waals surface area contributed by atoms with Crippen molar-refractivity contribution in [3.63, 3.8) is 0 Å². The second kappa shape index (κ2) is 5.69. The number of nitrogens with one attached hydrogen (secondary N) is 1. The summed E-state index contributed by atoms with van der Waals surface area (Å²) in [6.07, 6.45) is 1.93. The lowest BCUT2D eigenvalue weighted by Gasteiger charge is -2.07. The highest BCUT2D eigenvalue weighted by Gasteiger charge is 2.30. The first-order valence-corrected chi connectivity index (χ1v) is 7.39. The molecule has 7 heteroatoms. The van der Waals surface area contributed by atoms with Gasteiger partial charge < -0.3 is 14.8 Å². The van der Waals surface area contributed by atoms with Crippen LogP contribution in [-0.2, 0) is 4.79 Å². The molecule has 1 aromatic heterocycles. The Morgan fingerprint density at radius 2 is 2.00 bits per heavy atom. The van der Waals surface area contributed by atoms with E-state index in [9.17, 15) is 4.79 Å². The quantitative estimate of drug-likeness (QED) is 0.919. The second-order valence-electron chi connectivity index (χ2n) is 4.75. The minimum absolute atomic E-state index is 0.0324. The number of amides is 1. The summed E-state index contributed by atoms with van der Waals surface area (Å²) in [7, 11) is 3.18. The van der Waals surface area contributed by atoms with E-state index in [-0.39, 0.29) is 11.8 Å². The molecule has 0 unspecified atom stereocenters. The fourth-order valence-electron chi connectivity index (χ4n) is 1.91. The van der Waals surface area contributed by atoms with Crippen molar-refractivity contribution < 1.29 is 14.3 Å². The van der Waals surface area contributed by atoms with Crippen molar-refractivity contribution in [2.75, 3.05) is 19.5 Å². The fourth-order valence-corrected chi connectivity index (χ4v) is 2.66. The number of anilines is 1. The van der Waals surface area contributed by atoms with Crippen LogP contribution >= 0.6 is 11.3 Å². The van der Waals surface area contributed by atoms with Crippen molar-refractivity contribution in [2.45, 2.75) is 12.8 Å². The molecule has 0 aliphatic heterocycles. The monoisotopic (exact) mass is 305 g/mol. The number of carbonyl (C=O) groups excluding carboxylic acids is 1. The summed E-state index contributed by atoms with van der Waals surface area (Å²) in [6.45, 7) is 0. The first kappa shape index (κ1) is 13.8. The Morgan fingerprint density at radius 1 is 1.24 bits per heavy atom.